The molecule has 3 amide bonds. The zero-order valence-electron chi connectivity index (χ0n) is 9.08. The third-order valence-corrected chi connectivity index (χ3v) is 2.71. The largest absolute Gasteiger partial charge is 0.368 e. The Morgan fingerprint density at radius 2 is 1.87 bits per heavy atom. The van der Waals surface area contributed by atoms with Crippen LogP contribution in [-0.4, -0.2) is 24.0 Å². The van der Waals surface area contributed by atoms with Gasteiger partial charge in [0.15, 0.2) is 0 Å². The van der Waals surface area contributed by atoms with Crippen molar-refractivity contribution in [3.63, 3.8) is 0 Å². The van der Waals surface area contributed by atoms with Crippen molar-refractivity contribution >= 4 is 11.9 Å². The van der Waals surface area contributed by atoms with Gasteiger partial charge in [-0.05, 0) is 19.8 Å². The van der Waals surface area contributed by atoms with Crippen molar-refractivity contribution in [3.8, 4) is 0 Å². The molecule has 4 N–H and O–H groups in total. The molecule has 1 saturated carbocycles. The number of hydrogen-bond acceptors (Lipinski definition) is 2. The summed E-state index contributed by atoms with van der Waals surface area (Å²) in [4.78, 5) is 22.1. The normalized spacial score (nSPS) is 19.3. The third-order valence-electron chi connectivity index (χ3n) is 2.71. The average Bonchev–Trinajstić information content (AvgIpc) is 2.18. The van der Waals surface area contributed by atoms with Crippen LogP contribution in [0.25, 0.3) is 0 Å². The Hall–Kier alpha value is -1.26. The molecule has 1 fully saturated rings. The summed E-state index contributed by atoms with van der Waals surface area (Å²) in [5.41, 5.74) is 5.04. The van der Waals surface area contributed by atoms with Crippen LogP contribution in [0, 0.1) is 0 Å². The molecule has 0 aliphatic heterocycles. The maximum Gasteiger partial charge on any atom is 0.315 e. The molecule has 1 aliphatic carbocycles. The molecule has 0 bridgehead atoms. The summed E-state index contributed by atoms with van der Waals surface area (Å²) >= 11 is 0. The molecule has 1 aliphatic rings. The van der Waals surface area contributed by atoms with Crippen LogP contribution in [-0.2, 0) is 4.79 Å². The van der Waals surface area contributed by atoms with E-state index in [0.717, 1.165) is 25.7 Å². The van der Waals surface area contributed by atoms with E-state index in [1.165, 1.54) is 6.42 Å². The fourth-order valence-corrected chi connectivity index (χ4v) is 1.74. The highest BCUT2D eigenvalue weighted by Gasteiger charge is 2.17. The Bertz CT molecular complexity index is 237. The zero-order chi connectivity index (χ0) is 11.3. The van der Waals surface area contributed by atoms with Gasteiger partial charge in [-0.3, -0.25) is 4.79 Å². The van der Waals surface area contributed by atoms with Gasteiger partial charge in [0.05, 0.1) is 0 Å². The minimum atomic E-state index is -0.617. The fraction of sp³-hybridized carbons (Fsp3) is 0.800. The van der Waals surface area contributed by atoms with Crippen molar-refractivity contribution in [2.45, 2.75) is 51.1 Å². The SMILES string of the molecule is CC(NC(=O)NC1CCCCC1)C(N)=O. The molecule has 5 nitrogen and oxygen atoms in total. The number of nitrogens with two attached hydrogens (primary N) is 1. The maximum absolute atomic E-state index is 11.4. The van der Waals surface area contributed by atoms with Crippen LogP contribution in [0.3, 0.4) is 0 Å². The lowest BCUT2D eigenvalue weighted by atomic mass is 9.96. The quantitative estimate of drug-likeness (QED) is 0.637. The van der Waals surface area contributed by atoms with Crippen molar-refractivity contribution in [3.05, 3.63) is 0 Å². The lowest BCUT2D eigenvalue weighted by molar-refractivity contribution is -0.119. The van der Waals surface area contributed by atoms with E-state index >= 15 is 0 Å². The molecule has 0 radical (unpaired) electrons. The van der Waals surface area contributed by atoms with Gasteiger partial charge >= 0.3 is 6.03 Å². The number of urea groups is 1. The highest BCUT2D eigenvalue weighted by Crippen LogP contribution is 2.17. The lowest BCUT2D eigenvalue weighted by Crippen LogP contribution is -2.49. The molecule has 86 valence electrons. The van der Waals surface area contributed by atoms with E-state index in [2.05, 4.69) is 10.6 Å². The van der Waals surface area contributed by atoms with E-state index in [-0.39, 0.29) is 12.1 Å². The number of primary amides is 1. The highest BCUT2D eigenvalue weighted by atomic mass is 16.2. The number of carbonyl (C=O) groups excluding carboxylic acids is 2. The Balaban J connectivity index is 2.25. The monoisotopic (exact) mass is 213 g/mol. The number of hydrogen-bond donors (Lipinski definition) is 3. The second-order valence-electron chi connectivity index (χ2n) is 4.08. The van der Waals surface area contributed by atoms with Gasteiger partial charge in [-0.25, -0.2) is 4.79 Å². The second-order valence-corrected chi connectivity index (χ2v) is 4.08. The first kappa shape index (κ1) is 11.8. The van der Waals surface area contributed by atoms with E-state index in [0.29, 0.717) is 0 Å². The fourth-order valence-electron chi connectivity index (χ4n) is 1.74. The zero-order valence-corrected chi connectivity index (χ0v) is 9.08. The molecule has 1 rings (SSSR count). The van der Waals surface area contributed by atoms with Crippen LogP contribution >= 0.6 is 0 Å². The Kier molecular flexibility index (Phi) is 4.39. The molecule has 0 saturated heterocycles. The highest BCUT2D eigenvalue weighted by molar-refractivity contribution is 5.85. The molecule has 0 heterocycles. The number of rotatable bonds is 3. The summed E-state index contributed by atoms with van der Waals surface area (Å²) in [5, 5.41) is 5.35. The van der Waals surface area contributed by atoms with Crippen molar-refractivity contribution in [1.82, 2.24) is 10.6 Å². The molecular formula is C10H19N3O2. The number of carbonyl (C=O) groups is 2. The average molecular weight is 213 g/mol. The Labute approximate surface area is 89.8 Å². The van der Waals surface area contributed by atoms with Gasteiger partial charge in [0.1, 0.15) is 6.04 Å². The molecular weight excluding hydrogens is 194 g/mol. The van der Waals surface area contributed by atoms with E-state index in [1.54, 1.807) is 6.92 Å². The minimum absolute atomic E-state index is 0.249. The first-order chi connectivity index (χ1) is 7.09. The van der Waals surface area contributed by atoms with Crippen molar-refractivity contribution in [1.29, 1.82) is 0 Å². The summed E-state index contributed by atoms with van der Waals surface area (Å²) in [6.07, 6.45) is 5.63. The summed E-state index contributed by atoms with van der Waals surface area (Å²) in [7, 11) is 0. The van der Waals surface area contributed by atoms with Gasteiger partial charge in [-0.2, -0.15) is 0 Å². The molecule has 0 aromatic carbocycles. The second kappa shape index (κ2) is 5.58. The molecule has 5 heteroatoms. The lowest BCUT2D eigenvalue weighted by Gasteiger charge is -2.23. The van der Waals surface area contributed by atoms with Crippen molar-refractivity contribution in [2.24, 2.45) is 5.73 Å². The van der Waals surface area contributed by atoms with Gasteiger partial charge in [-0.1, -0.05) is 19.3 Å². The number of amides is 3. The van der Waals surface area contributed by atoms with Gasteiger partial charge in [0.25, 0.3) is 0 Å². The van der Waals surface area contributed by atoms with Crippen LogP contribution in [0.5, 0.6) is 0 Å². The first-order valence-electron chi connectivity index (χ1n) is 5.46. The smallest absolute Gasteiger partial charge is 0.315 e. The Morgan fingerprint density at radius 1 is 1.27 bits per heavy atom. The third kappa shape index (κ3) is 4.18. The molecule has 0 spiro atoms. The number of nitrogens with one attached hydrogen (secondary N) is 2. The van der Waals surface area contributed by atoms with Gasteiger partial charge in [-0.15, -0.1) is 0 Å². The van der Waals surface area contributed by atoms with Crippen molar-refractivity contribution < 1.29 is 9.59 Å². The molecule has 15 heavy (non-hydrogen) atoms. The van der Waals surface area contributed by atoms with Crippen LogP contribution in [0.15, 0.2) is 0 Å². The van der Waals surface area contributed by atoms with E-state index in [4.69, 9.17) is 5.73 Å². The van der Waals surface area contributed by atoms with E-state index < -0.39 is 11.9 Å². The van der Waals surface area contributed by atoms with Gasteiger partial charge in [0.2, 0.25) is 5.91 Å². The van der Waals surface area contributed by atoms with Crippen molar-refractivity contribution in [2.75, 3.05) is 0 Å². The molecule has 0 aromatic rings. The van der Waals surface area contributed by atoms with Crippen LogP contribution in [0.4, 0.5) is 4.79 Å². The minimum Gasteiger partial charge on any atom is -0.368 e. The standard InChI is InChI=1S/C10H19N3O2/c1-7(9(11)14)12-10(15)13-8-5-3-2-4-6-8/h7-8H,2-6H2,1H3,(H2,11,14)(H2,12,13,15). The van der Waals surface area contributed by atoms with E-state index in [1.807, 2.05) is 0 Å². The Morgan fingerprint density at radius 3 is 2.40 bits per heavy atom. The predicted molar refractivity (Wildman–Crippen MR) is 57.2 cm³/mol. The molecule has 0 aromatic heterocycles. The molecule has 1 atom stereocenters. The van der Waals surface area contributed by atoms with Gasteiger partial charge < -0.3 is 16.4 Å². The summed E-state index contributed by atoms with van der Waals surface area (Å²) in [6.45, 7) is 1.57. The first-order valence-corrected chi connectivity index (χ1v) is 5.46. The summed E-state index contributed by atoms with van der Waals surface area (Å²) < 4.78 is 0. The van der Waals surface area contributed by atoms with Crippen LogP contribution in [0.2, 0.25) is 0 Å². The van der Waals surface area contributed by atoms with E-state index in [9.17, 15) is 9.59 Å². The topological polar surface area (TPSA) is 84.2 Å². The van der Waals surface area contributed by atoms with Crippen LogP contribution in [0.1, 0.15) is 39.0 Å². The summed E-state index contributed by atoms with van der Waals surface area (Å²) in [5.74, 6) is -0.520. The predicted octanol–water partition coefficient (Wildman–Crippen LogP) is 0.492. The summed E-state index contributed by atoms with van der Waals surface area (Å²) in [6, 6.07) is -0.666. The maximum atomic E-state index is 11.4. The van der Waals surface area contributed by atoms with Gasteiger partial charge in [0, 0.05) is 6.04 Å². The molecule has 1 unspecified atom stereocenters. The van der Waals surface area contributed by atoms with Crippen LogP contribution < -0.4 is 16.4 Å².